The van der Waals surface area contributed by atoms with E-state index in [9.17, 15) is 0 Å². The molecule has 0 amide bonds. The molecule has 0 aliphatic rings. The summed E-state index contributed by atoms with van der Waals surface area (Å²) in [4.78, 5) is 4.13. The summed E-state index contributed by atoms with van der Waals surface area (Å²) in [5.41, 5.74) is 7.07. The van der Waals surface area contributed by atoms with Crippen LogP contribution in [0, 0.1) is 0 Å². The molecule has 0 aliphatic heterocycles. The standard InChI is InChI=1S/C11H14N4O/c1-15-11(13-7-14-15)10(12)8-3-5-9(16-2)6-4-8/h3-7,10H,12H2,1-2H3. The maximum absolute atomic E-state index is 6.09. The third-order valence-corrected chi connectivity index (χ3v) is 2.50. The van der Waals surface area contributed by atoms with Crippen LogP contribution >= 0.6 is 0 Å². The van der Waals surface area contributed by atoms with Crippen LogP contribution in [0.5, 0.6) is 5.75 Å². The van der Waals surface area contributed by atoms with Gasteiger partial charge in [-0.15, -0.1) is 0 Å². The van der Waals surface area contributed by atoms with E-state index in [0.29, 0.717) is 0 Å². The molecule has 1 unspecified atom stereocenters. The van der Waals surface area contributed by atoms with Gasteiger partial charge in [-0.05, 0) is 17.7 Å². The highest BCUT2D eigenvalue weighted by atomic mass is 16.5. The van der Waals surface area contributed by atoms with E-state index in [1.165, 1.54) is 6.33 Å². The minimum atomic E-state index is -0.265. The Labute approximate surface area is 93.9 Å². The first-order valence-electron chi connectivity index (χ1n) is 4.96. The van der Waals surface area contributed by atoms with Gasteiger partial charge in [-0.3, -0.25) is 4.68 Å². The minimum Gasteiger partial charge on any atom is -0.497 e. The smallest absolute Gasteiger partial charge is 0.148 e. The van der Waals surface area contributed by atoms with Gasteiger partial charge in [0, 0.05) is 7.05 Å². The summed E-state index contributed by atoms with van der Waals surface area (Å²) in [7, 11) is 3.46. The zero-order valence-electron chi connectivity index (χ0n) is 9.29. The Bertz CT molecular complexity index is 463. The summed E-state index contributed by atoms with van der Waals surface area (Å²) in [6.45, 7) is 0. The third kappa shape index (κ3) is 1.90. The lowest BCUT2D eigenvalue weighted by Crippen LogP contribution is -2.17. The van der Waals surface area contributed by atoms with Crippen molar-refractivity contribution in [1.82, 2.24) is 14.8 Å². The first kappa shape index (κ1) is 10.6. The molecule has 1 aromatic carbocycles. The van der Waals surface area contributed by atoms with Crippen molar-refractivity contribution >= 4 is 0 Å². The average molecular weight is 218 g/mol. The van der Waals surface area contributed by atoms with E-state index in [1.54, 1.807) is 11.8 Å². The fourth-order valence-electron chi connectivity index (χ4n) is 1.55. The molecular formula is C11H14N4O. The SMILES string of the molecule is COc1ccc(C(N)c2ncnn2C)cc1. The number of rotatable bonds is 3. The van der Waals surface area contributed by atoms with E-state index in [2.05, 4.69) is 10.1 Å². The maximum atomic E-state index is 6.09. The highest BCUT2D eigenvalue weighted by molar-refractivity contribution is 5.31. The van der Waals surface area contributed by atoms with E-state index >= 15 is 0 Å². The lowest BCUT2D eigenvalue weighted by molar-refractivity contribution is 0.414. The van der Waals surface area contributed by atoms with Gasteiger partial charge in [0.2, 0.25) is 0 Å². The summed E-state index contributed by atoms with van der Waals surface area (Å²) in [5, 5.41) is 4.00. The van der Waals surface area contributed by atoms with E-state index in [1.807, 2.05) is 31.3 Å². The van der Waals surface area contributed by atoms with Crippen LogP contribution in [0.25, 0.3) is 0 Å². The van der Waals surface area contributed by atoms with Crippen molar-refractivity contribution in [2.24, 2.45) is 12.8 Å². The number of methoxy groups -OCH3 is 1. The topological polar surface area (TPSA) is 66.0 Å². The van der Waals surface area contributed by atoms with Crippen molar-refractivity contribution in [3.05, 3.63) is 42.0 Å². The number of hydrogen-bond acceptors (Lipinski definition) is 4. The van der Waals surface area contributed by atoms with Crippen LogP contribution in [0.4, 0.5) is 0 Å². The quantitative estimate of drug-likeness (QED) is 0.830. The number of benzene rings is 1. The predicted octanol–water partition coefficient (Wildman–Crippen LogP) is 0.872. The number of nitrogens with two attached hydrogens (primary N) is 1. The van der Waals surface area contributed by atoms with E-state index in [-0.39, 0.29) is 6.04 Å². The molecule has 84 valence electrons. The number of hydrogen-bond donors (Lipinski definition) is 1. The third-order valence-electron chi connectivity index (χ3n) is 2.50. The Hall–Kier alpha value is -1.88. The predicted molar refractivity (Wildman–Crippen MR) is 60.0 cm³/mol. The molecule has 0 fully saturated rings. The molecule has 0 bridgehead atoms. The van der Waals surface area contributed by atoms with Gasteiger partial charge in [-0.25, -0.2) is 4.98 Å². The van der Waals surface area contributed by atoms with Crippen LogP contribution in [-0.2, 0) is 7.05 Å². The van der Waals surface area contributed by atoms with Crippen molar-refractivity contribution < 1.29 is 4.74 Å². The van der Waals surface area contributed by atoms with Crippen LogP contribution < -0.4 is 10.5 Å². The largest absolute Gasteiger partial charge is 0.497 e. The van der Waals surface area contributed by atoms with Crippen molar-refractivity contribution in [3.8, 4) is 5.75 Å². The van der Waals surface area contributed by atoms with Crippen LogP contribution in [0.2, 0.25) is 0 Å². The summed E-state index contributed by atoms with van der Waals surface area (Å²) in [6, 6.07) is 7.35. The molecule has 1 heterocycles. The highest BCUT2D eigenvalue weighted by Crippen LogP contribution is 2.19. The summed E-state index contributed by atoms with van der Waals surface area (Å²) < 4.78 is 6.76. The van der Waals surface area contributed by atoms with E-state index < -0.39 is 0 Å². The zero-order chi connectivity index (χ0) is 11.5. The minimum absolute atomic E-state index is 0.265. The fourth-order valence-corrected chi connectivity index (χ4v) is 1.55. The molecule has 0 spiro atoms. The van der Waals surface area contributed by atoms with Gasteiger partial charge in [-0.2, -0.15) is 5.10 Å². The average Bonchev–Trinajstić information content (AvgIpc) is 2.75. The summed E-state index contributed by atoms with van der Waals surface area (Å²) >= 11 is 0. The van der Waals surface area contributed by atoms with Gasteiger partial charge >= 0.3 is 0 Å². The van der Waals surface area contributed by atoms with Crippen LogP contribution in [0.15, 0.2) is 30.6 Å². The first-order valence-corrected chi connectivity index (χ1v) is 4.96. The molecule has 2 N–H and O–H groups in total. The normalized spacial score (nSPS) is 12.4. The molecule has 1 aromatic heterocycles. The molecule has 2 rings (SSSR count). The first-order chi connectivity index (χ1) is 7.72. The van der Waals surface area contributed by atoms with Gasteiger partial charge in [0.1, 0.15) is 17.9 Å². The van der Waals surface area contributed by atoms with Gasteiger partial charge in [0.05, 0.1) is 13.2 Å². The number of ether oxygens (including phenoxy) is 1. The van der Waals surface area contributed by atoms with Gasteiger partial charge in [0.15, 0.2) is 0 Å². The summed E-state index contributed by atoms with van der Waals surface area (Å²) in [5.74, 6) is 1.55. The molecule has 0 radical (unpaired) electrons. The molecule has 0 saturated carbocycles. The maximum Gasteiger partial charge on any atom is 0.148 e. The van der Waals surface area contributed by atoms with Crippen molar-refractivity contribution in [2.45, 2.75) is 6.04 Å². The van der Waals surface area contributed by atoms with Crippen LogP contribution in [0.3, 0.4) is 0 Å². The molecule has 16 heavy (non-hydrogen) atoms. The van der Waals surface area contributed by atoms with Gasteiger partial charge in [0.25, 0.3) is 0 Å². The zero-order valence-corrected chi connectivity index (χ0v) is 9.29. The monoisotopic (exact) mass is 218 g/mol. The Morgan fingerprint density at radius 3 is 2.50 bits per heavy atom. The van der Waals surface area contributed by atoms with Crippen LogP contribution in [0.1, 0.15) is 17.4 Å². The van der Waals surface area contributed by atoms with Crippen molar-refractivity contribution in [3.63, 3.8) is 0 Å². The Morgan fingerprint density at radius 1 is 1.31 bits per heavy atom. The second-order valence-corrected chi connectivity index (χ2v) is 3.49. The fraction of sp³-hybridized carbons (Fsp3) is 0.273. The Morgan fingerprint density at radius 2 is 2.00 bits per heavy atom. The Kier molecular flexibility index (Phi) is 2.87. The second-order valence-electron chi connectivity index (χ2n) is 3.49. The van der Waals surface area contributed by atoms with Gasteiger partial charge in [-0.1, -0.05) is 12.1 Å². The molecule has 5 heteroatoms. The Balaban J connectivity index is 2.27. The number of aromatic nitrogens is 3. The lowest BCUT2D eigenvalue weighted by Gasteiger charge is -2.11. The molecule has 0 saturated heterocycles. The van der Waals surface area contributed by atoms with Gasteiger partial charge < -0.3 is 10.5 Å². The van der Waals surface area contributed by atoms with Crippen molar-refractivity contribution in [1.29, 1.82) is 0 Å². The van der Waals surface area contributed by atoms with Crippen LogP contribution in [-0.4, -0.2) is 21.9 Å². The van der Waals surface area contributed by atoms with E-state index in [4.69, 9.17) is 10.5 Å². The molecule has 1 atom stereocenters. The molecule has 5 nitrogen and oxygen atoms in total. The van der Waals surface area contributed by atoms with E-state index in [0.717, 1.165) is 17.1 Å². The lowest BCUT2D eigenvalue weighted by atomic mass is 10.1. The van der Waals surface area contributed by atoms with Crippen molar-refractivity contribution in [2.75, 3.05) is 7.11 Å². The molecule has 2 aromatic rings. The highest BCUT2D eigenvalue weighted by Gasteiger charge is 2.13. The number of nitrogens with zero attached hydrogens (tertiary/aromatic N) is 3. The molecule has 0 aliphatic carbocycles. The number of aryl methyl sites for hydroxylation is 1. The summed E-state index contributed by atoms with van der Waals surface area (Å²) in [6.07, 6.45) is 1.50. The second kappa shape index (κ2) is 4.32. The molecular weight excluding hydrogens is 204 g/mol.